The Balaban J connectivity index is 2.04. The number of carbonyl (C=O) groups is 1. The van der Waals surface area contributed by atoms with Gasteiger partial charge in [0.05, 0.1) is 12.2 Å². The molecule has 0 saturated heterocycles. The maximum absolute atomic E-state index is 12.6. The SMILES string of the molecule is CCCN(CCC)C(=O)c1ccnc(NCc2ccccn2)c1. The summed E-state index contributed by atoms with van der Waals surface area (Å²) in [5.74, 6) is 0.756. The quantitative estimate of drug-likeness (QED) is 0.812. The van der Waals surface area contributed by atoms with E-state index in [0.717, 1.165) is 31.6 Å². The molecule has 0 aliphatic carbocycles. The highest BCUT2D eigenvalue weighted by Crippen LogP contribution is 2.11. The molecule has 0 aromatic carbocycles. The minimum Gasteiger partial charge on any atom is -0.364 e. The van der Waals surface area contributed by atoms with Gasteiger partial charge in [0.15, 0.2) is 0 Å². The monoisotopic (exact) mass is 312 g/mol. The van der Waals surface area contributed by atoms with E-state index >= 15 is 0 Å². The lowest BCUT2D eigenvalue weighted by Gasteiger charge is -2.21. The first kappa shape index (κ1) is 16.9. The summed E-state index contributed by atoms with van der Waals surface area (Å²) in [6, 6.07) is 9.37. The molecule has 2 aromatic heterocycles. The smallest absolute Gasteiger partial charge is 0.254 e. The van der Waals surface area contributed by atoms with Gasteiger partial charge in [0.1, 0.15) is 5.82 Å². The summed E-state index contributed by atoms with van der Waals surface area (Å²) in [5, 5.41) is 3.21. The van der Waals surface area contributed by atoms with Crippen LogP contribution in [-0.2, 0) is 6.54 Å². The third-order valence-electron chi connectivity index (χ3n) is 3.46. The zero-order valence-corrected chi connectivity index (χ0v) is 13.8. The fraction of sp³-hybridized carbons (Fsp3) is 0.389. The second-order valence-corrected chi connectivity index (χ2v) is 5.40. The maximum atomic E-state index is 12.6. The first-order chi connectivity index (χ1) is 11.2. The summed E-state index contributed by atoms with van der Waals surface area (Å²) >= 11 is 0. The van der Waals surface area contributed by atoms with Crippen LogP contribution in [0.4, 0.5) is 5.82 Å². The van der Waals surface area contributed by atoms with Crippen LogP contribution in [0.3, 0.4) is 0 Å². The number of rotatable bonds is 8. The van der Waals surface area contributed by atoms with Crippen molar-refractivity contribution in [2.75, 3.05) is 18.4 Å². The number of pyridine rings is 2. The van der Waals surface area contributed by atoms with E-state index in [9.17, 15) is 4.79 Å². The van der Waals surface area contributed by atoms with Gasteiger partial charge in [-0.3, -0.25) is 9.78 Å². The van der Waals surface area contributed by atoms with Crippen LogP contribution in [0.5, 0.6) is 0 Å². The molecule has 5 heteroatoms. The van der Waals surface area contributed by atoms with E-state index in [1.165, 1.54) is 0 Å². The molecule has 1 amide bonds. The Hall–Kier alpha value is -2.43. The summed E-state index contributed by atoms with van der Waals surface area (Å²) in [6.07, 6.45) is 5.35. The van der Waals surface area contributed by atoms with Gasteiger partial charge in [0, 0.05) is 31.0 Å². The van der Waals surface area contributed by atoms with Crippen LogP contribution >= 0.6 is 0 Å². The van der Waals surface area contributed by atoms with Crippen molar-refractivity contribution in [2.24, 2.45) is 0 Å². The second kappa shape index (κ2) is 8.88. The normalized spacial score (nSPS) is 10.3. The molecule has 0 bridgehead atoms. The molecule has 0 spiro atoms. The van der Waals surface area contributed by atoms with E-state index in [1.54, 1.807) is 18.5 Å². The van der Waals surface area contributed by atoms with E-state index in [0.29, 0.717) is 17.9 Å². The van der Waals surface area contributed by atoms with Crippen LogP contribution in [0.1, 0.15) is 42.7 Å². The molecular weight excluding hydrogens is 288 g/mol. The van der Waals surface area contributed by atoms with Crippen molar-refractivity contribution in [3.05, 3.63) is 54.0 Å². The molecule has 0 aliphatic rings. The van der Waals surface area contributed by atoms with Gasteiger partial charge in [-0.05, 0) is 37.1 Å². The lowest BCUT2D eigenvalue weighted by Crippen LogP contribution is -2.32. The first-order valence-electron chi connectivity index (χ1n) is 8.13. The largest absolute Gasteiger partial charge is 0.364 e. The number of hydrogen-bond acceptors (Lipinski definition) is 4. The minimum absolute atomic E-state index is 0.0667. The highest BCUT2D eigenvalue weighted by atomic mass is 16.2. The zero-order chi connectivity index (χ0) is 16.5. The van der Waals surface area contributed by atoms with Gasteiger partial charge in [-0.1, -0.05) is 19.9 Å². The Morgan fingerprint density at radius 2 is 1.87 bits per heavy atom. The third-order valence-corrected chi connectivity index (χ3v) is 3.46. The van der Waals surface area contributed by atoms with Gasteiger partial charge in [-0.25, -0.2) is 4.98 Å². The van der Waals surface area contributed by atoms with Crippen molar-refractivity contribution in [3.63, 3.8) is 0 Å². The fourth-order valence-corrected chi connectivity index (χ4v) is 2.38. The van der Waals surface area contributed by atoms with Crippen molar-refractivity contribution in [2.45, 2.75) is 33.2 Å². The van der Waals surface area contributed by atoms with E-state index < -0.39 is 0 Å². The Labute approximate surface area is 137 Å². The fourth-order valence-electron chi connectivity index (χ4n) is 2.38. The lowest BCUT2D eigenvalue weighted by molar-refractivity contribution is 0.0755. The molecular formula is C18H24N4O. The summed E-state index contributed by atoms with van der Waals surface area (Å²) in [5.41, 5.74) is 1.61. The molecule has 0 radical (unpaired) electrons. The van der Waals surface area contributed by atoms with E-state index in [4.69, 9.17) is 0 Å². The zero-order valence-electron chi connectivity index (χ0n) is 13.8. The number of nitrogens with zero attached hydrogens (tertiary/aromatic N) is 3. The Bertz CT molecular complexity index is 609. The van der Waals surface area contributed by atoms with Crippen molar-refractivity contribution in [1.82, 2.24) is 14.9 Å². The molecule has 5 nitrogen and oxygen atoms in total. The van der Waals surface area contributed by atoms with Crippen molar-refractivity contribution in [1.29, 1.82) is 0 Å². The number of aromatic nitrogens is 2. The first-order valence-corrected chi connectivity index (χ1v) is 8.13. The van der Waals surface area contributed by atoms with Crippen LogP contribution < -0.4 is 5.32 Å². The molecule has 0 aliphatic heterocycles. The highest BCUT2D eigenvalue weighted by Gasteiger charge is 2.14. The minimum atomic E-state index is 0.0667. The predicted octanol–water partition coefficient (Wildman–Crippen LogP) is 3.35. The van der Waals surface area contributed by atoms with E-state index in [-0.39, 0.29) is 5.91 Å². The molecule has 23 heavy (non-hydrogen) atoms. The van der Waals surface area contributed by atoms with Crippen LogP contribution in [0.25, 0.3) is 0 Å². The number of nitrogens with one attached hydrogen (secondary N) is 1. The average molecular weight is 312 g/mol. The Kier molecular flexibility index (Phi) is 6.54. The maximum Gasteiger partial charge on any atom is 0.254 e. The van der Waals surface area contributed by atoms with Crippen molar-refractivity contribution in [3.8, 4) is 0 Å². The van der Waals surface area contributed by atoms with Crippen molar-refractivity contribution >= 4 is 11.7 Å². The van der Waals surface area contributed by atoms with Crippen LogP contribution in [0.2, 0.25) is 0 Å². The van der Waals surface area contributed by atoms with Gasteiger partial charge in [-0.15, -0.1) is 0 Å². The molecule has 2 rings (SSSR count). The molecule has 0 saturated carbocycles. The summed E-state index contributed by atoms with van der Waals surface area (Å²) in [7, 11) is 0. The highest BCUT2D eigenvalue weighted by molar-refractivity contribution is 5.94. The number of hydrogen-bond donors (Lipinski definition) is 1. The summed E-state index contributed by atoms with van der Waals surface area (Å²) in [6.45, 7) is 6.32. The standard InChI is InChI=1S/C18H24N4O/c1-3-11-22(12-4-2)18(23)15-8-10-20-17(13-15)21-14-16-7-5-6-9-19-16/h5-10,13H,3-4,11-12,14H2,1-2H3,(H,20,21). The van der Waals surface area contributed by atoms with Gasteiger partial charge in [-0.2, -0.15) is 0 Å². The molecule has 0 unspecified atom stereocenters. The Morgan fingerprint density at radius 3 is 2.52 bits per heavy atom. The molecule has 0 fully saturated rings. The molecule has 2 heterocycles. The Morgan fingerprint density at radius 1 is 1.09 bits per heavy atom. The molecule has 1 N–H and O–H groups in total. The lowest BCUT2D eigenvalue weighted by atomic mass is 10.2. The van der Waals surface area contributed by atoms with E-state index in [2.05, 4.69) is 29.1 Å². The average Bonchev–Trinajstić information content (AvgIpc) is 2.60. The van der Waals surface area contributed by atoms with Gasteiger partial charge < -0.3 is 10.2 Å². The predicted molar refractivity (Wildman–Crippen MR) is 92.3 cm³/mol. The van der Waals surface area contributed by atoms with Crippen molar-refractivity contribution < 1.29 is 4.79 Å². The van der Waals surface area contributed by atoms with E-state index in [1.807, 2.05) is 29.2 Å². The van der Waals surface area contributed by atoms with Gasteiger partial charge in [0.25, 0.3) is 5.91 Å². The molecule has 0 atom stereocenters. The molecule has 122 valence electrons. The van der Waals surface area contributed by atoms with Crippen LogP contribution in [-0.4, -0.2) is 33.9 Å². The molecule has 2 aromatic rings. The summed E-state index contributed by atoms with van der Waals surface area (Å²) in [4.78, 5) is 23.1. The van der Waals surface area contributed by atoms with Crippen LogP contribution in [0.15, 0.2) is 42.7 Å². The second-order valence-electron chi connectivity index (χ2n) is 5.40. The van der Waals surface area contributed by atoms with Gasteiger partial charge >= 0.3 is 0 Å². The van der Waals surface area contributed by atoms with Crippen LogP contribution in [0, 0.1) is 0 Å². The number of carbonyl (C=O) groups excluding carboxylic acids is 1. The third kappa shape index (κ3) is 5.06. The topological polar surface area (TPSA) is 58.1 Å². The van der Waals surface area contributed by atoms with Gasteiger partial charge in [0.2, 0.25) is 0 Å². The summed E-state index contributed by atoms with van der Waals surface area (Å²) < 4.78 is 0. The number of amides is 1. The number of anilines is 1.